The number of nitrogens with zero attached hydrogens (tertiary/aromatic N) is 4. The van der Waals surface area contributed by atoms with Gasteiger partial charge >= 0.3 is 0 Å². The number of aromatic nitrogens is 3. The molecule has 0 bridgehead atoms. The molecule has 1 amide bonds. The molecule has 0 atom stereocenters. The molecular weight excluding hydrogens is 272 g/mol. The molecule has 0 aromatic carbocycles. The van der Waals surface area contributed by atoms with Crippen molar-refractivity contribution in [2.24, 2.45) is 0 Å². The Balaban J connectivity index is 1.89. The van der Waals surface area contributed by atoms with Crippen LogP contribution in [0.3, 0.4) is 0 Å². The van der Waals surface area contributed by atoms with Gasteiger partial charge < -0.3 is 0 Å². The highest BCUT2D eigenvalue weighted by Crippen LogP contribution is 2.33. The van der Waals surface area contributed by atoms with Gasteiger partial charge in [0.2, 0.25) is 11.0 Å². The van der Waals surface area contributed by atoms with Crippen LogP contribution >= 0.6 is 11.3 Å². The summed E-state index contributed by atoms with van der Waals surface area (Å²) < 4.78 is 0. The lowest BCUT2D eigenvalue weighted by Gasteiger charge is -2.24. The van der Waals surface area contributed by atoms with Crippen LogP contribution in [-0.4, -0.2) is 27.1 Å². The molecule has 2 heterocycles. The monoisotopic (exact) mass is 288 g/mol. The van der Waals surface area contributed by atoms with Gasteiger partial charge in [0.25, 0.3) is 0 Å². The van der Waals surface area contributed by atoms with Gasteiger partial charge in [-0.15, -0.1) is 10.2 Å². The highest BCUT2D eigenvalue weighted by atomic mass is 32.1. The third-order valence-electron chi connectivity index (χ3n) is 3.58. The van der Waals surface area contributed by atoms with Crippen molar-refractivity contribution in [3.63, 3.8) is 0 Å². The molecule has 1 aliphatic rings. The Hall–Kier alpha value is -1.82. The Morgan fingerprint density at radius 3 is 2.60 bits per heavy atom. The summed E-state index contributed by atoms with van der Waals surface area (Å²) in [6, 6.07) is 4.08. The van der Waals surface area contributed by atoms with Crippen molar-refractivity contribution >= 4 is 22.4 Å². The fraction of sp³-hybridized carbons (Fsp3) is 0.429. The van der Waals surface area contributed by atoms with Gasteiger partial charge in [0, 0.05) is 30.9 Å². The first-order chi connectivity index (χ1) is 9.75. The maximum atomic E-state index is 11.9. The van der Waals surface area contributed by atoms with Crippen molar-refractivity contribution < 1.29 is 4.79 Å². The largest absolute Gasteiger partial charge is 0.284 e. The molecule has 1 aliphatic carbocycles. The molecule has 0 saturated heterocycles. The minimum atomic E-state index is 0.0503. The van der Waals surface area contributed by atoms with Crippen molar-refractivity contribution in [3.05, 3.63) is 24.5 Å². The number of hydrogen-bond donors (Lipinski definition) is 0. The summed E-state index contributed by atoms with van der Waals surface area (Å²) in [6.07, 6.45) is 7.95. The maximum absolute atomic E-state index is 11.9. The van der Waals surface area contributed by atoms with Gasteiger partial charge in [-0.1, -0.05) is 24.2 Å². The smallest absolute Gasteiger partial charge is 0.225 e. The fourth-order valence-corrected chi connectivity index (χ4v) is 3.60. The average molecular weight is 288 g/mol. The van der Waals surface area contributed by atoms with E-state index in [1.54, 1.807) is 19.3 Å². The minimum Gasteiger partial charge on any atom is -0.284 e. The Morgan fingerprint density at radius 2 is 1.95 bits per heavy atom. The zero-order chi connectivity index (χ0) is 13.9. The second-order valence-corrected chi connectivity index (χ2v) is 5.91. The molecule has 6 heteroatoms. The summed E-state index contributed by atoms with van der Waals surface area (Å²) in [6.45, 7) is 1.60. The van der Waals surface area contributed by atoms with Crippen LogP contribution in [0.5, 0.6) is 0 Å². The van der Waals surface area contributed by atoms with E-state index in [0.717, 1.165) is 23.4 Å². The number of rotatable bonds is 3. The third-order valence-corrected chi connectivity index (χ3v) is 4.55. The lowest BCUT2D eigenvalue weighted by Crippen LogP contribution is -2.37. The second-order valence-electron chi connectivity index (χ2n) is 4.95. The molecule has 104 valence electrons. The van der Waals surface area contributed by atoms with Crippen LogP contribution in [-0.2, 0) is 4.79 Å². The van der Waals surface area contributed by atoms with Crippen molar-refractivity contribution in [3.8, 4) is 10.6 Å². The molecule has 1 saturated carbocycles. The van der Waals surface area contributed by atoms with Gasteiger partial charge in [0.15, 0.2) is 0 Å². The molecule has 20 heavy (non-hydrogen) atoms. The highest BCUT2D eigenvalue weighted by molar-refractivity contribution is 7.18. The fourth-order valence-electron chi connectivity index (χ4n) is 2.63. The van der Waals surface area contributed by atoms with Gasteiger partial charge in [-0.05, 0) is 25.0 Å². The summed E-state index contributed by atoms with van der Waals surface area (Å²) in [5.41, 5.74) is 0.985. The number of pyridine rings is 1. The quantitative estimate of drug-likeness (QED) is 0.871. The van der Waals surface area contributed by atoms with Gasteiger partial charge in [0.05, 0.1) is 0 Å². The molecule has 2 aromatic heterocycles. The predicted octanol–water partition coefficient (Wildman–Crippen LogP) is 2.90. The van der Waals surface area contributed by atoms with Crippen LogP contribution in [0.1, 0.15) is 32.6 Å². The van der Waals surface area contributed by atoms with Crippen LogP contribution in [0.15, 0.2) is 24.5 Å². The Labute approximate surface area is 121 Å². The zero-order valence-corrected chi connectivity index (χ0v) is 12.1. The molecule has 0 spiro atoms. The molecule has 0 unspecified atom stereocenters. The van der Waals surface area contributed by atoms with Crippen molar-refractivity contribution in [2.45, 2.75) is 38.6 Å². The average Bonchev–Trinajstić information content (AvgIpc) is 3.12. The standard InChI is InChI=1S/C14H16N4OS/c1-10(19)18(12-4-2-3-5-12)14-17-16-13(20-14)11-6-8-15-9-7-11/h6-9,12H,2-5H2,1H3. The highest BCUT2D eigenvalue weighted by Gasteiger charge is 2.28. The molecule has 5 nitrogen and oxygen atoms in total. The molecule has 0 aliphatic heterocycles. The molecule has 0 N–H and O–H groups in total. The van der Waals surface area contributed by atoms with Crippen LogP contribution in [0.25, 0.3) is 10.6 Å². The Morgan fingerprint density at radius 1 is 1.25 bits per heavy atom. The minimum absolute atomic E-state index is 0.0503. The number of amides is 1. The SMILES string of the molecule is CC(=O)N(c1nnc(-c2ccncc2)s1)C1CCCC1. The van der Waals surface area contributed by atoms with Crippen molar-refractivity contribution in [2.75, 3.05) is 4.90 Å². The van der Waals surface area contributed by atoms with E-state index in [0.29, 0.717) is 5.13 Å². The second kappa shape index (κ2) is 5.66. The van der Waals surface area contributed by atoms with Crippen LogP contribution in [0.2, 0.25) is 0 Å². The third kappa shape index (κ3) is 2.56. The Bertz CT molecular complexity index is 592. The summed E-state index contributed by atoms with van der Waals surface area (Å²) in [5, 5.41) is 9.95. The summed E-state index contributed by atoms with van der Waals surface area (Å²) in [7, 11) is 0. The normalized spacial score (nSPS) is 15.4. The van der Waals surface area contributed by atoms with Crippen LogP contribution in [0, 0.1) is 0 Å². The molecular formula is C14H16N4OS. The van der Waals surface area contributed by atoms with Crippen LogP contribution in [0.4, 0.5) is 5.13 Å². The maximum Gasteiger partial charge on any atom is 0.225 e. The number of carbonyl (C=O) groups is 1. The van der Waals surface area contributed by atoms with E-state index < -0.39 is 0 Å². The number of hydrogen-bond acceptors (Lipinski definition) is 5. The van der Waals surface area contributed by atoms with Crippen LogP contribution < -0.4 is 4.90 Å². The molecule has 3 rings (SSSR count). The van der Waals surface area contributed by atoms with Gasteiger partial charge in [0.1, 0.15) is 5.01 Å². The first-order valence-electron chi connectivity index (χ1n) is 6.79. The zero-order valence-electron chi connectivity index (χ0n) is 11.3. The topological polar surface area (TPSA) is 59.0 Å². The molecule has 2 aromatic rings. The van der Waals surface area contributed by atoms with Gasteiger partial charge in [-0.3, -0.25) is 14.7 Å². The lowest BCUT2D eigenvalue weighted by atomic mass is 10.2. The van der Waals surface area contributed by atoms with Crippen molar-refractivity contribution in [1.29, 1.82) is 0 Å². The first-order valence-corrected chi connectivity index (χ1v) is 7.61. The predicted molar refractivity (Wildman–Crippen MR) is 78.6 cm³/mol. The van der Waals surface area contributed by atoms with Gasteiger partial charge in [-0.2, -0.15) is 0 Å². The van der Waals surface area contributed by atoms with Crippen molar-refractivity contribution in [1.82, 2.24) is 15.2 Å². The molecule has 1 fully saturated rings. The van der Waals surface area contributed by atoms with E-state index in [1.165, 1.54) is 24.2 Å². The van der Waals surface area contributed by atoms with E-state index in [9.17, 15) is 4.79 Å². The Kier molecular flexibility index (Phi) is 3.73. The van der Waals surface area contributed by atoms with E-state index in [-0.39, 0.29) is 11.9 Å². The van der Waals surface area contributed by atoms with Gasteiger partial charge in [-0.25, -0.2) is 0 Å². The van der Waals surface area contributed by atoms with E-state index in [1.807, 2.05) is 17.0 Å². The number of carbonyl (C=O) groups excluding carboxylic acids is 1. The van der Waals surface area contributed by atoms with E-state index in [4.69, 9.17) is 0 Å². The lowest BCUT2D eigenvalue weighted by molar-refractivity contribution is -0.117. The summed E-state index contributed by atoms with van der Waals surface area (Å²) in [5.74, 6) is 0.0503. The number of anilines is 1. The summed E-state index contributed by atoms with van der Waals surface area (Å²) in [4.78, 5) is 17.7. The summed E-state index contributed by atoms with van der Waals surface area (Å²) >= 11 is 1.46. The first kappa shape index (κ1) is 13.2. The molecule has 0 radical (unpaired) electrons. The van der Waals surface area contributed by atoms with E-state index >= 15 is 0 Å². The van der Waals surface area contributed by atoms with E-state index in [2.05, 4.69) is 15.2 Å².